The highest BCUT2D eigenvalue weighted by molar-refractivity contribution is 5.50. The van der Waals surface area contributed by atoms with Gasteiger partial charge in [-0.2, -0.15) is 0 Å². The molecule has 0 fully saturated rings. The maximum atomic E-state index is 6.52. The summed E-state index contributed by atoms with van der Waals surface area (Å²) < 4.78 is 6.52. The van der Waals surface area contributed by atoms with Crippen molar-refractivity contribution in [1.29, 1.82) is 0 Å². The molecule has 0 N–H and O–H groups in total. The Kier molecular flexibility index (Phi) is 13.8. The third-order valence-electron chi connectivity index (χ3n) is 7.16. The van der Waals surface area contributed by atoms with Crippen LogP contribution in [-0.2, 0) is 19.3 Å². The minimum atomic E-state index is 1.11. The summed E-state index contributed by atoms with van der Waals surface area (Å²) in [6, 6.07) is 4.97. The van der Waals surface area contributed by atoms with Crippen LogP contribution in [0.3, 0.4) is 0 Å². The monoisotopic (exact) mass is 440 g/mol. The maximum Gasteiger partial charge on any atom is 0.133 e. The van der Waals surface area contributed by atoms with Crippen molar-refractivity contribution in [2.24, 2.45) is 0 Å². The molecule has 1 aliphatic heterocycles. The summed E-state index contributed by atoms with van der Waals surface area (Å²) in [7, 11) is 0. The number of benzene rings is 1. The summed E-state index contributed by atoms with van der Waals surface area (Å²) in [6.07, 6.45) is 25.0. The van der Waals surface area contributed by atoms with Gasteiger partial charge in [0.15, 0.2) is 0 Å². The Labute approximate surface area is 200 Å². The van der Waals surface area contributed by atoms with Crippen LogP contribution in [0.25, 0.3) is 0 Å². The SMILES string of the molecule is CCCCCCCC1=C(C)Oc2c(CCCCCCC)cc(CCCCCCC)cc2C1. The van der Waals surface area contributed by atoms with Gasteiger partial charge in [-0.25, -0.2) is 0 Å². The lowest BCUT2D eigenvalue weighted by atomic mass is 9.90. The number of fused-ring (bicyclic) bond motifs is 1. The van der Waals surface area contributed by atoms with E-state index in [1.807, 2.05) is 0 Å². The summed E-state index contributed by atoms with van der Waals surface area (Å²) in [5, 5.41) is 0. The van der Waals surface area contributed by atoms with Crippen LogP contribution in [0.2, 0.25) is 0 Å². The Morgan fingerprint density at radius 2 is 1.16 bits per heavy atom. The molecule has 2 rings (SSSR count). The van der Waals surface area contributed by atoms with Gasteiger partial charge in [-0.15, -0.1) is 0 Å². The fraction of sp³-hybridized carbons (Fsp3) is 0.742. The van der Waals surface area contributed by atoms with Gasteiger partial charge in [0.05, 0.1) is 0 Å². The molecule has 1 heterocycles. The number of aryl methyl sites for hydroxylation is 2. The van der Waals surface area contributed by atoms with Gasteiger partial charge in [0.25, 0.3) is 0 Å². The number of ether oxygens (including phenoxy) is 1. The quantitative estimate of drug-likeness (QED) is 0.206. The van der Waals surface area contributed by atoms with E-state index in [0.717, 1.165) is 6.42 Å². The molecule has 0 amide bonds. The van der Waals surface area contributed by atoms with Gasteiger partial charge < -0.3 is 4.74 Å². The molecule has 1 aromatic rings. The molecule has 182 valence electrons. The molecule has 0 radical (unpaired) electrons. The molecule has 0 saturated carbocycles. The molecular formula is C31H52O. The van der Waals surface area contributed by atoms with Crippen molar-refractivity contribution in [3.8, 4) is 5.75 Å². The third-order valence-corrected chi connectivity index (χ3v) is 7.16. The van der Waals surface area contributed by atoms with Crippen molar-refractivity contribution in [1.82, 2.24) is 0 Å². The first-order valence-electron chi connectivity index (χ1n) is 14.2. The Hall–Kier alpha value is -1.24. The molecule has 0 aliphatic carbocycles. The average molecular weight is 441 g/mol. The van der Waals surface area contributed by atoms with Crippen molar-refractivity contribution in [2.45, 2.75) is 150 Å². The summed E-state index contributed by atoms with van der Waals surface area (Å²) in [5.74, 6) is 2.40. The van der Waals surface area contributed by atoms with Crippen LogP contribution in [0.1, 0.15) is 147 Å². The zero-order valence-corrected chi connectivity index (χ0v) is 22.0. The first-order chi connectivity index (χ1) is 15.7. The van der Waals surface area contributed by atoms with Crippen molar-refractivity contribution < 1.29 is 4.74 Å². The van der Waals surface area contributed by atoms with Crippen LogP contribution in [0, 0.1) is 0 Å². The van der Waals surface area contributed by atoms with Crippen LogP contribution in [-0.4, -0.2) is 0 Å². The van der Waals surface area contributed by atoms with Gasteiger partial charge in [0, 0.05) is 6.42 Å². The molecule has 0 aromatic heterocycles. The lowest BCUT2D eigenvalue weighted by Crippen LogP contribution is -2.12. The normalized spacial score (nSPS) is 13.4. The number of hydrogen-bond donors (Lipinski definition) is 0. The van der Waals surface area contributed by atoms with Crippen molar-refractivity contribution in [2.75, 3.05) is 0 Å². The topological polar surface area (TPSA) is 9.23 Å². The summed E-state index contributed by atoms with van der Waals surface area (Å²) >= 11 is 0. The molecule has 1 aromatic carbocycles. The van der Waals surface area contributed by atoms with Crippen LogP contribution >= 0.6 is 0 Å². The Morgan fingerprint density at radius 1 is 0.625 bits per heavy atom. The second-order valence-corrected chi connectivity index (χ2v) is 10.2. The van der Waals surface area contributed by atoms with E-state index in [4.69, 9.17) is 4.74 Å². The molecule has 0 saturated heterocycles. The molecule has 0 atom stereocenters. The number of allylic oxidation sites excluding steroid dienone is 2. The molecule has 32 heavy (non-hydrogen) atoms. The van der Waals surface area contributed by atoms with E-state index in [2.05, 4.69) is 39.8 Å². The lowest BCUT2D eigenvalue weighted by Gasteiger charge is -2.25. The van der Waals surface area contributed by atoms with E-state index in [1.165, 1.54) is 138 Å². The molecule has 0 bridgehead atoms. The number of unbranched alkanes of at least 4 members (excludes halogenated alkanes) is 12. The Balaban J connectivity index is 2.04. The highest BCUT2D eigenvalue weighted by atomic mass is 16.5. The smallest absolute Gasteiger partial charge is 0.133 e. The van der Waals surface area contributed by atoms with Crippen LogP contribution in [0.5, 0.6) is 5.75 Å². The lowest BCUT2D eigenvalue weighted by molar-refractivity contribution is 0.392. The fourth-order valence-corrected chi connectivity index (χ4v) is 5.06. The Morgan fingerprint density at radius 3 is 1.75 bits per heavy atom. The minimum absolute atomic E-state index is 1.11. The van der Waals surface area contributed by atoms with Gasteiger partial charge in [-0.3, -0.25) is 0 Å². The van der Waals surface area contributed by atoms with E-state index in [0.29, 0.717) is 0 Å². The predicted molar refractivity (Wildman–Crippen MR) is 142 cm³/mol. The number of rotatable bonds is 18. The summed E-state index contributed by atoms with van der Waals surface area (Å²) in [5.41, 5.74) is 6.04. The fourth-order valence-electron chi connectivity index (χ4n) is 5.06. The standard InChI is InChI=1S/C31H52O/c1-5-8-11-14-17-20-27-23-29(22-19-16-13-10-7-3)31-30(24-27)25-28(26(4)32-31)21-18-15-12-9-6-2/h23-24H,5-22,25H2,1-4H3. The largest absolute Gasteiger partial charge is 0.461 e. The average Bonchev–Trinajstić information content (AvgIpc) is 2.79. The van der Waals surface area contributed by atoms with E-state index in [9.17, 15) is 0 Å². The molecule has 1 heteroatoms. The first kappa shape index (κ1) is 27.0. The maximum absolute atomic E-state index is 6.52. The van der Waals surface area contributed by atoms with Crippen molar-refractivity contribution >= 4 is 0 Å². The van der Waals surface area contributed by atoms with Gasteiger partial charge in [-0.05, 0) is 67.7 Å². The van der Waals surface area contributed by atoms with E-state index >= 15 is 0 Å². The molecule has 1 aliphatic rings. The van der Waals surface area contributed by atoms with E-state index in [-0.39, 0.29) is 0 Å². The molecule has 0 spiro atoms. The van der Waals surface area contributed by atoms with Gasteiger partial charge >= 0.3 is 0 Å². The Bertz CT molecular complexity index is 669. The zero-order valence-electron chi connectivity index (χ0n) is 22.0. The third kappa shape index (κ3) is 9.72. The summed E-state index contributed by atoms with van der Waals surface area (Å²) in [6.45, 7) is 9.09. The number of hydrogen-bond acceptors (Lipinski definition) is 1. The predicted octanol–water partition coefficient (Wildman–Crippen LogP) is 10.3. The van der Waals surface area contributed by atoms with Crippen LogP contribution in [0.15, 0.2) is 23.5 Å². The van der Waals surface area contributed by atoms with Crippen LogP contribution < -0.4 is 4.74 Å². The van der Waals surface area contributed by atoms with Gasteiger partial charge in [0.2, 0.25) is 0 Å². The minimum Gasteiger partial charge on any atom is -0.461 e. The van der Waals surface area contributed by atoms with Crippen molar-refractivity contribution in [3.63, 3.8) is 0 Å². The van der Waals surface area contributed by atoms with E-state index < -0.39 is 0 Å². The second kappa shape index (κ2) is 16.4. The van der Waals surface area contributed by atoms with Crippen molar-refractivity contribution in [3.05, 3.63) is 40.2 Å². The molecular weight excluding hydrogens is 388 g/mol. The first-order valence-corrected chi connectivity index (χ1v) is 14.2. The van der Waals surface area contributed by atoms with Gasteiger partial charge in [-0.1, -0.05) is 110 Å². The highest BCUT2D eigenvalue weighted by Gasteiger charge is 2.21. The molecule has 0 unspecified atom stereocenters. The summed E-state index contributed by atoms with van der Waals surface area (Å²) in [4.78, 5) is 0. The van der Waals surface area contributed by atoms with Gasteiger partial charge in [0.1, 0.15) is 11.5 Å². The highest BCUT2D eigenvalue weighted by Crippen LogP contribution is 2.37. The zero-order chi connectivity index (χ0) is 23.0. The van der Waals surface area contributed by atoms with Crippen LogP contribution in [0.4, 0.5) is 0 Å². The second-order valence-electron chi connectivity index (χ2n) is 10.2. The molecule has 1 nitrogen and oxygen atoms in total. The van der Waals surface area contributed by atoms with E-state index in [1.54, 1.807) is 11.1 Å².